The molecule has 1 aromatic carbocycles. The molecular weight excluding hydrogens is 400 g/mol. The lowest BCUT2D eigenvalue weighted by Gasteiger charge is -2.32. The Morgan fingerprint density at radius 3 is 2.56 bits per heavy atom. The first kappa shape index (κ1) is 22.2. The van der Waals surface area contributed by atoms with Crippen molar-refractivity contribution < 1.29 is 9.21 Å². The van der Waals surface area contributed by atoms with E-state index in [4.69, 9.17) is 4.42 Å². The predicted molar refractivity (Wildman–Crippen MR) is 125 cm³/mol. The van der Waals surface area contributed by atoms with Crippen LogP contribution in [0.15, 0.2) is 71.4 Å². The number of aryl methyl sites for hydroxylation is 1. The van der Waals surface area contributed by atoms with Crippen molar-refractivity contribution in [3.05, 3.63) is 89.6 Å². The standard InChI is InChI=1S/C26H32N4O2/c1-21-8-9-24(32-21)20-29-15-5-16-30(19-22-10-12-27-13-11-22)25(18-26(31)28-14-17-29)23-6-3-2-4-7-23/h2-4,6-13,25H,5,14-20H2,1H3,(H,28,31). The van der Waals surface area contributed by atoms with Crippen molar-refractivity contribution in [2.45, 2.75) is 38.9 Å². The molecule has 3 aromatic rings. The van der Waals surface area contributed by atoms with Gasteiger partial charge in [0.25, 0.3) is 0 Å². The molecule has 168 valence electrons. The van der Waals surface area contributed by atoms with Crippen LogP contribution in [0, 0.1) is 6.92 Å². The van der Waals surface area contributed by atoms with Gasteiger partial charge in [-0.3, -0.25) is 19.6 Å². The zero-order valence-corrected chi connectivity index (χ0v) is 18.7. The van der Waals surface area contributed by atoms with Gasteiger partial charge in [0.05, 0.1) is 6.54 Å². The minimum Gasteiger partial charge on any atom is -0.465 e. The summed E-state index contributed by atoms with van der Waals surface area (Å²) in [4.78, 5) is 21.8. The maximum absolute atomic E-state index is 12.9. The fraction of sp³-hybridized carbons (Fsp3) is 0.385. The van der Waals surface area contributed by atoms with Gasteiger partial charge < -0.3 is 9.73 Å². The Bertz CT molecular complexity index is 974. The number of amides is 1. The van der Waals surface area contributed by atoms with Crippen LogP contribution < -0.4 is 5.32 Å². The summed E-state index contributed by atoms with van der Waals surface area (Å²) >= 11 is 0. The maximum Gasteiger partial charge on any atom is 0.221 e. The third-order valence-corrected chi connectivity index (χ3v) is 5.98. The van der Waals surface area contributed by atoms with Gasteiger partial charge in [0.2, 0.25) is 5.91 Å². The Balaban J connectivity index is 1.54. The molecule has 1 atom stereocenters. The number of carbonyl (C=O) groups is 1. The number of rotatable bonds is 5. The fourth-order valence-corrected chi connectivity index (χ4v) is 4.36. The van der Waals surface area contributed by atoms with E-state index in [1.807, 2.05) is 37.5 Å². The molecule has 1 aliphatic rings. The molecule has 2 aromatic heterocycles. The smallest absolute Gasteiger partial charge is 0.221 e. The Morgan fingerprint density at radius 1 is 1.00 bits per heavy atom. The van der Waals surface area contributed by atoms with E-state index in [9.17, 15) is 4.79 Å². The summed E-state index contributed by atoms with van der Waals surface area (Å²) in [5.41, 5.74) is 2.39. The number of hydrogen-bond acceptors (Lipinski definition) is 5. The van der Waals surface area contributed by atoms with Crippen LogP contribution in [-0.2, 0) is 17.9 Å². The van der Waals surface area contributed by atoms with Gasteiger partial charge in [0.15, 0.2) is 0 Å². The lowest BCUT2D eigenvalue weighted by atomic mass is 10.00. The number of hydrogen-bond donors (Lipinski definition) is 1. The van der Waals surface area contributed by atoms with Gasteiger partial charge >= 0.3 is 0 Å². The van der Waals surface area contributed by atoms with Crippen molar-refractivity contribution in [3.8, 4) is 0 Å². The van der Waals surface area contributed by atoms with E-state index in [0.29, 0.717) is 13.0 Å². The number of carbonyl (C=O) groups excluding carboxylic acids is 1. The van der Waals surface area contributed by atoms with Gasteiger partial charge in [-0.05, 0) is 55.3 Å². The molecule has 1 fully saturated rings. The lowest BCUT2D eigenvalue weighted by Crippen LogP contribution is -2.35. The van der Waals surface area contributed by atoms with Crippen LogP contribution in [0.4, 0.5) is 0 Å². The second-order valence-electron chi connectivity index (χ2n) is 8.45. The minimum atomic E-state index is 0.0311. The van der Waals surface area contributed by atoms with Crippen molar-refractivity contribution >= 4 is 5.91 Å². The molecule has 3 heterocycles. The highest BCUT2D eigenvalue weighted by Crippen LogP contribution is 2.27. The third-order valence-electron chi connectivity index (χ3n) is 5.98. The van der Waals surface area contributed by atoms with E-state index >= 15 is 0 Å². The summed E-state index contributed by atoms with van der Waals surface area (Å²) in [7, 11) is 0. The molecule has 1 unspecified atom stereocenters. The van der Waals surface area contributed by atoms with Crippen LogP contribution >= 0.6 is 0 Å². The predicted octanol–water partition coefficient (Wildman–Crippen LogP) is 3.94. The van der Waals surface area contributed by atoms with Crippen molar-refractivity contribution in [1.29, 1.82) is 0 Å². The van der Waals surface area contributed by atoms with Crippen LogP contribution in [0.25, 0.3) is 0 Å². The Hall–Kier alpha value is -2.96. The van der Waals surface area contributed by atoms with E-state index in [1.54, 1.807) is 0 Å². The van der Waals surface area contributed by atoms with Gasteiger partial charge in [0, 0.05) is 51.0 Å². The summed E-state index contributed by atoms with van der Waals surface area (Å²) < 4.78 is 5.79. The van der Waals surface area contributed by atoms with E-state index in [2.05, 4.69) is 56.5 Å². The Morgan fingerprint density at radius 2 is 1.81 bits per heavy atom. The SMILES string of the molecule is Cc1ccc(CN2CCCN(Cc3ccncc3)C(c3ccccc3)CC(=O)NCC2)o1. The van der Waals surface area contributed by atoms with Gasteiger partial charge in [-0.2, -0.15) is 0 Å². The topological polar surface area (TPSA) is 61.6 Å². The second-order valence-corrected chi connectivity index (χ2v) is 8.45. The van der Waals surface area contributed by atoms with E-state index in [0.717, 1.165) is 50.7 Å². The van der Waals surface area contributed by atoms with Crippen LogP contribution in [0.2, 0.25) is 0 Å². The molecule has 0 bridgehead atoms. The zero-order valence-electron chi connectivity index (χ0n) is 18.7. The number of nitrogens with one attached hydrogen (secondary N) is 1. The summed E-state index contributed by atoms with van der Waals surface area (Å²) in [6.07, 6.45) is 5.13. The van der Waals surface area contributed by atoms with Crippen LogP contribution in [0.5, 0.6) is 0 Å². The van der Waals surface area contributed by atoms with Gasteiger partial charge in [-0.1, -0.05) is 30.3 Å². The second kappa shape index (κ2) is 11.1. The number of furan rings is 1. The molecule has 0 spiro atoms. The fourth-order valence-electron chi connectivity index (χ4n) is 4.36. The molecular formula is C26H32N4O2. The van der Waals surface area contributed by atoms with Crippen molar-refractivity contribution in [1.82, 2.24) is 20.1 Å². The highest BCUT2D eigenvalue weighted by atomic mass is 16.3. The number of aromatic nitrogens is 1. The molecule has 1 saturated heterocycles. The lowest BCUT2D eigenvalue weighted by molar-refractivity contribution is -0.122. The van der Waals surface area contributed by atoms with E-state index < -0.39 is 0 Å². The van der Waals surface area contributed by atoms with Gasteiger partial charge in [0.1, 0.15) is 11.5 Å². The van der Waals surface area contributed by atoms with E-state index in [1.165, 1.54) is 11.1 Å². The molecule has 32 heavy (non-hydrogen) atoms. The molecule has 1 N–H and O–H groups in total. The molecule has 0 radical (unpaired) electrons. The first-order chi connectivity index (χ1) is 15.7. The molecule has 1 aliphatic heterocycles. The Kier molecular flexibility index (Phi) is 7.69. The summed E-state index contributed by atoms with van der Waals surface area (Å²) in [6.45, 7) is 6.82. The van der Waals surface area contributed by atoms with Crippen LogP contribution in [-0.4, -0.2) is 46.9 Å². The van der Waals surface area contributed by atoms with Crippen molar-refractivity contribution in [2.24, 2.45) is 0 Å². The average molecular weight is 433 g/mol. The molecule has 0 saturated carbocycles. The third kappa shape index (κ3) is 6.28. The molecule has 1 amide bonds. The first-order valence-corrected chi connectivity index (χ1v) is 11.4. The monoisotopic (exact) mass is 432 g/mol. The molecule has 4 rings (SSSR count). The average Bonchev–Trinajstić information content (AvgIpc) is 3.21. The van der Waals surface area contributed by atoms with Crippen LogP contribution in [0.1, 0.15) is 41.5 Å². The number of pyridine rings is 1. The summed E-state index contributed by atoms with van der Waals surface area (Å²) in [6, 6.07) is 18.6. The van der Waals surface area contributed by atoms with Crippen LogP contribution in [0.3, 0.4) is 0 Å². The minimum absolute atomic E-state index is 0.0311. The summed E-state index contributed by atoms with van der Waals surface area (Å²) in [5, 5.41) is 3.14. The largest absolute Gasteiger partial charge is 0.465 e. The van der Waals surface area contributed by atoms with Crippen molar-refractivity contribution in [2.75, 3.05) is 26.2 Å². The first-order valence-electron chi connectivity index (χ1n) is 11.4. The maximum atomic E-state index is 12.9. The number of nitrogens with zero attached hydrogens (tertiary/aromatic N) is 3. The molecule has 6 nitrogen and oxygen atoms in total. The van der Waals surface area contributed by atoms with Gasteiger partial charge in [-0.15, -0.1) is 0 Å². The zero-order chi connectivity index (χ0) is 22.2. The van der Waals surface area contributed by atoms with Gasteiger partial charge in [-0.25, -0.2) is 0 Å². The molecule has 0 aliphatic carbocycles. The molecule has 6 heteroatoms. The normalized spacial score (nSPS) is 19.3. The number of benzene rings is 1. The highest BCUT2D eigenvalue weighted by Gasteiger charge is 2.24. The highest BCUT2D eigenvalue weighted by molar-refractivity contribution is 5.76. The Labute approximate surface area is 190 Å². The summed E-state index contributed by atoms with van der Waals surface area (Å²) in [5.74, 6) is 1.99. The van der Waals surface area contributed by atoms with E-state index in [-0.39, 0.29) is 11.9 Å². The quantitative estimate of drug-likeness (QED) is 0.662. The van der Waals surface area contributed by atoms with Crippen molar-refractivity contribution in [3.63, 3.8) is 0 Å².